The number of aromatic hydroxyl groups is 1. The van der Waals surface area contributed by atoms with Gasteiger partial charge in [-0.05, 0) is 52.2 Å². The molecule has 0 amide bonds. The molecule has 1 aliphatic rings. The highest BCUT2D eigenvalue weighted by molar-refractivity contribution is 6.16. The van der Waals surface area contributed by atoms with Gasteiger partial charge in [-0.3, -0.25) is 9.59 Å². The minimum atomic E-state index is -0.363. The van der Waals surface area contributed by atoms with E-state index in [1.54, 1.807) is 26.4 Å². The number of hydrogen-bond donors (Lipinski definition) is 2. The average Bonchev–Trinajstić information content (AvgIpc) is 3.29. The summed E-state index contributed by atoms with van der Waals surface area (Å²) in [5.74, 6) is 0.759. The Balaban J connectivity index is 0.000000521. The van der Waals surface area contributed by atoms with E-state index in [-0.39, 0.29) is 28.4 Å². The summed E-state index contributed by atoms with van der Waals surface area (Å²) >= 11 is 0. The standard InChI is InChI=1S/C22H27N3O4.C6H12O2/c1-5-7-9-14-18(20-16(28-3)10-8-11-17(20)29-4)21(26)19(22(27)23-14)15-12-13(6-2)24-25-15;1-5(7)8-6(2,3)4/h8,10-11H,5-7,9,12H2,1-4H3,(H2,23,26,27);1-4H3. The van der Waals surface area contributed by atoms with Crippen LogP contribution in [0.5, 0.6) is 17.2 Å². The van der Waals surface area contributed by atoms with E-state index in [9.17, 15) is 14.7 Å². The molecule has 9 nitrogen and oxygen atoms in total. The predicted octanol–water partition coefficient (Wildman–Crippen LogP) is 5.41. The number of methoxy groups -OCH3 is 2. The van der Waals surface area contributed by atoms with Crippen molar-refractivity contribution >= 4 is 17.4 Å². The van der Waals surface area contributed by atoms with Crippen LogP contribution >= 0.6 is 0 Å². The van der Waals surface area contributed by atoms with Crippen molar-refractivity contribution in [2.45, 2.75) is 79.2 Å². The third-order valence-corrected chi connectivity index (χ3v) is 5.56. The molecule has 0 unspecified atom stereocenters. The maximum absolute atomic E-state index is 12.9. The normalized spacial score (nSPS) is 12.8. The Morgan fingerprint density at radius 2 is 1.68 bits per heavy atom. The van der Waals surface area contributed by atoms with Gasteiger partial charge in [-0.15, -0.1) is 0 Å². The topological polar surface area (TPSA) is 123 Å². The maximum atomic E-state index is 12.9. The Hall–Kier alpha value is -3.62. The number of aromatic nitrogens is 1. The van der Waals surface area contributed by atoms with Crippen molar-refractivity contribution in [3.63, 3.8) is 0 Å². The van der Waals surface area contributed by atoms with Gasteiger partial charge in [0.25, 0.3) is 5.56 Å². The lowest BCUT2D eigenvalue weighted by atomic mass is 9.93. The zero-order valence-corrected chi connectivity index (χ0v) is 23.2. The molecule has 0 saturated heterocycles. The Morgan fingerprint density at radius 1 is 1.05 bits per heavy atom. The minimum Gasteiger partial charge on any atom is -0.506 e. The molecule has 0 bridgehead atoms. The molecule has 1 aromatic heterocycles. The van der Waals surface area contributed by atoms with Crippen molar-refractivity contribution in [1.82, 2.24) is 4.98 Å². The van der Waals surface area contributed by atoms with Gasteiger partial charge in [-0.2, -0.15) is 10.2 Å². The Kier molecular flexibility index (Phi) is 10.5. The first-order valence-corrected chi connectivity index (χ1v) is 12.5. The molecule has 9 heteroatoms. The number of ether oxygens (including phenoxy) is 3. The summed E-state index contributed by atoms with van der Waals surface area (Å²) in [5, 5.41) is 19.6. The smallest absolute Gasteiger partial charge is 0.303 e. The van der Waals surface area contributed by atoms with Crippen LogP contribution in [-0.2, 0) is 16.0 Å². The number of benzene rings is 1. The van der Waals surface area contributed by atoms with Gasteiger partial charge in [0.05, 0.1) is 31.1 Å². The molecule has 2 aromatic rings. The molecule has 0 spiro atoms. The van der Waals surface area contributed by atoms with E-state index in [4.69, 9.17) is 14.2 Å². The van der Waals surface area contributed by atoms with Gasteiger partial charge < -0.3 is 24.3 Å². The van der Waals surface area contributed by atoms with E-state index in [1.165, 1.54) is 6.92 Å². The van der Waals surface area contributed by atoms with Crippen molar-refractivity contribution in [2.24, 2.45) is 10.2 Å². The molecule has 2 N–H and O–H groups in total. The van der Waals surface area contributed by atoms with Gasteiger partial charge in [-0.25, -0.2) is 0 Å². The number of rotatable bonds is 8. The van der Waals surface area contributed by atoms with Gasteiger partial charge in [0.15, 0.2) is 0 Å². The van der Waals surface area contributed by atoms with Gasteiger partial charge >= 0.3 is 5.97 Å². The highest BCUT2D eigenvalue weighted by atomic mass is 16.6. The number of aryl methyl sites for hydroxylation is 1. The molecule has 3 rings (SSSR count). The molecule has 0 fully saturated rings. The SMILES string of the molecule is CC(=O)OC(C)(C)C.CCCCc1[nH]c(=O)c(C2=NN=C(CC)C2)c(O)c1-c1c(OC)cccc1OC. The number of H-pyrrole nitrogens is 1. The van der Waals surface area contributed by atoms with E-state index in [0.29, 0.717) is 46.9 Å². The van der Waals surface area contributed by atoms with Crippen molar-refractivity contribution in [3.05, 3.63) is 39.8 Å². The first kappa shape index (κ1) is 29.6. The van der Waals surface area contributed by atoms with Crippen LogP contribution < -0.4 is 15.0 Å². The second-order valence-corrected chi connectivity index (χ2v) is 9.62. The largest absolute Gasteiger partial charge is 0.506 e. The molecule has 2 heterocycles. The fraction of sp³-hybridized carbons (Fsp3) is 0.500. The number of unbranched alkanes of at least 4 members (excludes halogenated alkanes) is 1. The van der Waals surface area contributed by atoms with Crippen molar-refractivity contribution in [1.29, 1.82) is 0 Å². The fourth-order valence-corrected chi connectivity index (χ4v) is 3.97. The average molecular weight is 514 g/mol. The van der Waals surface area contributed by atoms with Crippen LogP contribution in [0.15, 0.2) is 33.2 Å². The molecule has 37 heavy (non-hydrogen) atoms. The Morgan fingerprint density at radius 3 is 2.11 bits per heavy atom. The number of pyridine rings is 1. The Bertz CT molecular complexity index is 1200. The Labute approximate surface area is 218 Å². The number of carbonyl (C=O) groups is 1. The van der Waals surface area contributed by atoms with Crippen LogP contribution in [0.1, 0.15) is 78.5 Å². The predicted molar refractivity (Wildman–Crippen MR) is 146 cm³/mol. The first-order chi connectivity index (χ1) is 17.5. The van der Waals surface area contributed by atoms with Crippen LogP contribution in [-0.4, -0.2) is 47.3 Å². The van der Waals surface area contributed by atoms with E-state index >= 15 is 0 Å². The van der Waals surface area contributed by atoms with E-state index < -0.39 is 0 Å². The molecule has 1 aliphatic heterocycles. The van der Waals surface area contributed by atoms with Crippen LogP contribution in [0.25, 0.3) is 11.1 Å². The number of nitrogens with one attached hydrogen (secondary N) is 1. The number of carbonyl (C=O) groups excluding carboxylic acids is 1. The molecular formula is C28H39N3O6. The summed E-state index contributed by atoms with van der Waals surface area (Å²) in [4.78, 5) is 26.1. The summed E-state index contributed by atoms with van der Waals surface area (Å²) < 4.78 is 15.9. The second-order valence-electron chi connectivity index (χ2n) is 9.62. The highest BCUT2D eigenvalue weighted by Crippen LogP contribution is 2.45. The molecule has 1 aromatic carbocycles. The fourth-order valence-electron chi connectivity index (χ4n) is 3.97. The van der Waals surface area contributed by atoms with E-state index in [1.807, 2.05) is 33.8 Å². The van der Waals surface area contributed by atoms with Crippen LogP contribution in [0, 0.1) is 0 Å². The minimum absolute atomic E-state index is 0.117. The zero-order chi connectivity index (χ0) is 27.8. The van der Waals surface area contributed by atoms with Crippen LogP contribution in [0.4, 0.5) is 0 Å². The lowest BCUT2D eigenvalue weighted by Gasteiger charge is -2.19. The molecular weight excluding hydrogens is 474 g/mol. The number of aromatic amines is 1. The monoisotopic (exact) mass is 513 g/mol. The quantitative estimate of drug-likeness (QED) is 0.455. The van der Waals surface area contributed by atoms with Crippen LogP contribution in [0.2, 0.25) is 0 Å². The second kappa shape index (κ2) is 13.1. The number of esters is 1. The molecule has 0 radical (unpaired) electrons. The summed E-state index contributed by atoms with van der Waals surface area (Å²) in [7, 11) is 3.13. The summed E-state index contributed by atoms with van der Waals surface area (Å²) in [6, 6.07) is 5.42. The van der Waals surface area contributed by atoms with Crippen molar-refractivity contribution < 1.29 is 24.1 Å². The lowest BCUT2D eigenvalue weighted by Crippen LogP contribution is -2.21. The molecule has 202 valence electrons. The molecule has 0 aliphatic carbocycles. The summed E-state index contributed by atoms with van der Waals surface area (Å²) in [5.41, 5.74) is 2.58. The first-order valence-electron chi connectivity index (χ1n) is 12.5. The third kappa shape index (κ3) is 7.68. The third-order valence-electron chi connectivity index (χ3n) is 5.56. The van der Waals surface area contributed by atoms with Gasteiger partial charge in [0, 0.05) is 24.8 Å². The summed E-state index contributed by atoms with van der Waals surface area (Å²) in [6.07, 6.45) is 3.62. The number of hydrogen-bond acceptors (Lipinski definition) is 8. The lowest BCUT2D eigenvalue weighted by molar-refractivity contribution is -0.151. The number of nitrogens with zero attached hydrogens (tertiary/aromatic N) is 2. The molecule has 0 saturated carbocycles. The van der Waals surface area contributed by atoms with Gasteiger partial charge in [0.1, 0.15) is 28.4 Å². The maximum Gasteiger partial charge on any atom is 0.303 e. The van der Waals surface area contributed by atoms with Crippen LogP contribution in [0.3, 0.4) is 0 Å². The van der Waals surface area contributed by atoms with E-state index in [2.05, 4.69) is 22.1 Å². The molecule has 0 atom stereocenters. The van der Waals surface area contributed by atoms with Gasteiger partial charge in [-0.1, -0.05) is 26.3 Å². The van der Waals surface area contributed by atoms with Crippen molar-refractivity contribution in [3.8, 4) is 28.4 Å². The van der Waals surface area contributed by atoms with E-state index in [0.717, 1.165) is 25.0 Å². The highest BCUT2D eigenvalue weighted by Gasteiger charge is 2.27. The zero-order valence-electron chi connectivity index (χ0n) is 23.2. The summed E-state index contributed by atoms with van der Waals surface area (Å²) in [6.45, 7) is 11.0. The van der Waals surface area contributed by atoms with Crippen molar-refractivity contribution in [2.75, 3.05) is 14.2 Å². The van der Waals surface area contributed by atoms with Gasteiger partial charge in [0.2, 0.25) is 0 Å².